The molecule has 0 saturated heterocycles. The first-order valence-electron chi connectivity index (χ1n) is 6.06. The quantitative estimate of drug-likeness (QED) is 0.835. The highest BCUT2D eigenvalue weighted by Crippen LogP contribution is 2.36. The molecule has 90 valence electrons. The Kier molecular flexibility index (Phi) is 2.46. The van der Waals surface area contributed by atoms with Crippen molar-refractivity contribution in [2.45, 2.75) is 31.7 Å². The number of carbonyl (C=O) groups is 1. The third-order valence-electron chi connectivity index (χ3n) is 3.27. The van der Waals surface area contributed by atoms with Crippen LogP contribution in [-0.2, 0) is 0 Å². The molecule has 0 atom stereocenters. The molecule has 5 heteroatoms. The van der Waals surface area contributed by atoms with Crippen LogP contribution >= 0.6 is 0 Å². The van der Waals surface area contributed by atoms with Crippen molar-refractivity contribution >= 4 is 11.8 Å². The smallest absolute Gasteiger partial charge is 0.356 e. The maximum Gasteiger partial charge on any atom is 0.356 e. The third kappa shape index (κ3) is 2.38. The number of aromatic nitrogens is 2. The number of rotatable bonds is 5. The minimum absolute atomic E-state index is 0.0314. The summed E-state index contributed by atoms with van der Waals surface area (Å²) in [5.74, 6) is 0.478. The number of anilines is 1. The molecule has 17 heavy (non-hydrogen) atoms. The zero-order valence-electron chi connectivity index (χ0n) is 9.54. The van der Waals surface area contributed by atoms with E-state index in [-0.39, 0.29) is 5.69 Å². The standard InChI is InChI=1S/C12H15N3O2/c16-12(17)10-5-13-6-11(14-10)15(9-3-4-9)7-8-1-2-8/h5-6,8-9H,1-4,7H2,(H,16,17). The second-order valence-electron chi connectivity index (χ2n) is 4.89. The molecule has 2 aliphatic carbocycles. The molecular weight excluding hydrogens is 218 g/mol. The van der Waals surface area contributed by atoms with Crippen LogP contribution in [0.3, 0.4) is 0 Å². The zero-order chi connectivity index (χ0) is 11.8. The molecule has 0 bridgehead atoms. The van der Waals surface area contributed by atoms with Gasteiger partial charge in [-0.05, 0) is 31.6 Å². The fourth-order valence-corrected chi connectivity index (χ4v) is 1.99. The van der Waals surface area contributed by atoms with Gasteiger partial charge in [0.2, 0.25) is 0 Å². The van der Waals surface area contributed by atoms with Gasteiger partial charge in [0.15, 0.2) is 5.69 Å². The van der Waals surface area contributed by atoms with Crippen molar-refractivity contribution in [3.8, 4) is 0 Å². The number of hydrogen-bond donors (Lipinski definition) is 1. The Morgan fingerprint density at radius 3 is 2.71 bits per heavy atom. The molecule has 0 amide bonds. The van der Waals surface area contributed by atoms with E-state index in [1.54, 1.807) is 6.20 Å². The van der Waals surface area contributed by atoms with Crippen LogP contribution in [0.5, 0.6) is 0 Å². The van der Waals surface area contributed by atoms with Gasteiger partial charge in [-0.3, -0.25) is 4.98 Å². The van der Waals surface area contributed by atoms with Gasteiger partial charge in [0, 0.05) is 12.6 Å². The summed E-state index contributed by atoms with van der Waals surface area (Å²) >= 11 is 0. The lowest BCUT2D eigenvalue weighted by Gasteiger charge is -2.23. The normalized spacial score (nSPS) is 19.1. The van der Waals surface area contributed by atoms with Crippen molar-refractivity contribution in [2.75, 3.05) is 11.4 Å². The van der Waals surface area contributed by atoms with Crippen molar-refractivity contribution in [3.63, 3.8) is 0 Å². The second kappa shape index (κ2) is 3.98. The van der Waals surface area contributed by atoms with E-state index in [1.165, 1.54) is 31.9 Å². The zero-order valence-corrected chi connectivity index (χ0v) is 9.54. The molecule has 2 fully saturated rings. The average molecular weight is 233 g/mol. The van der Waals surface area contributed by atoms with Crippen LogP contribution in [0, 0.1) is 5.92 Å². The third-order valence-corrected chi connectivity index (χ3v) is 3.27. The minimum Gasteiger partial charge on any atom is -0.476 e. The fraction of sp³-hybridized carbons (Fsp3) is 0.583. The monoisotopic (exact) mass is 233 g/mol. The first-order valence-corrected chi connectivity index (χ1v) is 6.06. The van der Waals surface area contributed by atoms with Gasteiger partial charge in [-0.2, -0.15) is 0 Å². The van der Waals surface area contributed by atoms with Crippen LogP contribution in [-0.4, -0.2) is 33.6 Å². The van der Waals surface area contributed by atoms with E-state index in [4.69, 9.17) is 5.11 Å². The molecule has 2 saturated carbocycles. The second-order valence-corrected chi connectivity index (χ2v) is 4.89. The van der Waals surface area contributed by atoms with Gasteiger partial charge in [0.05, 0.1) is 12.4 Å². The summed E-state index contributed by atoms with van der Waals surface area (Å²) in [7, 11) is 0. The van der Waals surface area contributed by atoms with Gasteiger partial charge in [0.25, 0.3) is 0 Å². The van der Waals surface area contributed by atoms with E-state index in [0.29, 0.717) is 6.04 Å². The van der Waals surface area contributed by atoms with Crippen molar-refractivity contribution in [2.24, 2.45) is 5.92 Å². The topological polar surface area (TPSA) is 66.3 Å². The van der Waals surface area contributed by atoms with E-state index in [0.717, 1.165) is 18.3 Å². The van der Waals surface area contributed by atoms with Crippen molar-refractivity contribution in [1.29, 1.82) is 0 Å². The lowest BCUT2D eigenvalue weighted by atomic mass is 10.3. The van der Waals surface area contributed by atoms with Crippen LogP contribution in [0.1, 0.15) is 36.2 Å². The molecular formula is C12H15N3O2. The Bertz CT molecular complexity index is 441. The summed E-state index contributed by atoms with van der Waals surface area (Å²) in [5.41, 5.74) is 0.0314. The largest absolute Gasteiger partial charge is 0.476 e. The molecule has 0 spiro atoms. The molecule has 1 heterocycles. The maximum atomic E-state index is 10.9. The lowest BCUT2D eigenvalue weighted by Crippen LogP contribution is -2.29. The Labute approximate surface area is 99.5 Å². The predicted octanol–water partition coefficient (Wildman–Crippen LogP) is 1.55. The number of carboxylic acids is 1. The van der Waals surface area contributed by atoms with Crippen LogP contribution in [0.4, 0.5) is 5.82 Å². The summed E-state index contributed by atoms with van der Waals surface area (Å²) in [4.78, 5) is 21.3. The van der Waals surface area contributed by atoms with Gasteiger partial charge in [-0.15, -0.1) is 0 Å². The van der Waals surface area contributed by atoms with Crippen molar-refractivity contribution in [3.05, 3.63) is 18.1 Å². The number of carboxylic acid groups (broad SMARTS) is 1. The molecule has 0 aliphatic heterocycles. The molecule has 1 aromatic heterocycles. The van der Waals surface area contributed by atoms with Gasteiger partial charge in [-0.1, -0.05) is 0 Å². The summed E-state index contributed by atoms with van der Waals surface area (Å²) in [6.45, 7) is 1.00. The van der Waals surface area contributed by atoms with E-state index in [2.05, 4.69) is 14.9 Å². The maximum absolute atomic E-state index is 10.9. The number of aromatic carboxylic acids is 1. The summed E-state index contributed by atoms with van der Waals surface area (Å²) in [6, 6.07) is 0.550. The predicted molar refractivity (Wildman–Crippen MR) is 62.1 cm³/mol. The number of hydrogen-bond acceptors (Lipinski definition) is 4. The fourth-order valence-electron chi connectivity index (χ4n) is 1.99. The van der Waals surface area contributed by atoms with E-state index >= 15 is 0 Å². The molecule has 1 N–H and O–H groups in total. The molecule has 2 aliphatic rings. The first-order chi connectivity index (χ1) is 8.24. The highest BCUT2D eigenvalue weighted by Gasteiger charge is 2.34. The highest BCUT2D eigenvalue weighted by atomic mass is 16.4. The van der Waals surface area contributed by atoms with Crippen LogP contribution in [0.2, 0.25) is 0 Å². The highest BCUT2D eigenvalue weighted by molar-refractivity contribution is 5.85. The van der Waals surface area contributed by atoms with Gasteiger partial charge >= 0.3 is 5.97 Å². The van der Waals surface area contributed by atoms with E-state index < -0.39 is 5.97 Å². The van der Waals surface area contributed by atoms with Gasteiger partial charge in [-0.25, -0.2) is 9.78 Å². The molecule has 1 aromatic rings. The Morgan fingerprint density at radius 2 is 2.12 bits per heavy atom. The van der Waals surface area contributed by atoms with Crippen LogP contribution in [0.15, 0.2) is 12.4 Å². The van der Waals surface area contributed by atoms with Crippen molar-refractivity contribution in [1.82, 2.24) is 9.97 Å². The van der Waals surface area contributed by atoms with Crippen LogP contribution in [0.25, 0.3) is 0 Å². The summed E-state index contributed by atoms with van der Waals surface area (Å²) < 4.78 is 0. The van der Waals surface area contributed by atoms with Crippen molar-refractivity contribution < 1.29 is 9.90 Å². The number of nitrogens with zero attached hydrogens (tertiary/aromatic N) is 3. The molecule has 0 aromatic carbocycles. The Hall–Kier alpha value is -1.65. The summed E-state index contributed by atoms with van der Waals surface area (Å²) in [6.07, 6.45) is 7.92. The van der Waals surface area contributed by atoms with Crippen LogP contribution < -0.4 is 4.90 Å². The Balaban J connectivity index is 1.83. The molecule has 5 nitrogen and oxygen atoms in total. The van der Waals surface area contributed by atoms with Gasteiger partial charge in [0.1, 0.15) is 5.82 Å². The SMILES string of the molecule is O=C(O)c1cncc(N(CC2CC2)C2CC2)n1. The van der Waals surface area contributed by atoms with E-state index in [1.807, 2.05) is 0 Å². The molecule has 0 unspecified atom stereocenters. The summed E-state index contributed by atoms with van der Waals surface area (Å²) in [5, 5.41) is 8.92. The Morgan fingerprint density at radius 1 is 1.35 bits per heavy atom. The first kappa shape index (κ1) is 10.5. The van der Waals surface area contributed by atoms with Gasteiger partial charge < -0.3 is 10.0 Å². The van der Waals surface area contributed by atoms with E-state index in [9.17, 15) is 4.79 Å². The minimum atomic E-state index is -1.01. The average Bonchev–Trinajstić information content (AvgIpc) is 3.18. The lowest BCUT2D eigenvalue weighted by molar-refractivity contribution is 0.0690. The molecule has 3 rings (SSSR count). The molecule has 0 radical (unpaired) electrons.